The highest BCUT2D eigenvalue weighted by Gasteiger charge is 2.26. The summed E-state index contributed by atoms with van der Waals surface area (Å²) in [6.07, 6.45) is 2.26. The second-order valence-electron chi connectivity index (χ2n) is 8.83. The first-order valence-electron chi connectivity index (χ1n) is 12.1. The maximum atomic E-state index is 12.9. The molecule has 5 rings (SSSR count). The van der Waals surface area contributed by atoms with Crippen LogP contribution in [0.1, 0.15) is 31.2 Å². The summed E-state index contributed by atoms with van der Waals surface area (Å²) < 4.78 is 11.7. The molecule has 0 radical (unpaired) electrons. The van der Waals surface area contributed by atoms with Crippen LogP contribution in [0, 0.1) is 0 Å². The highest BCUT2D eigenvalue weighted by atomic mass is 16.5. The van der Waals surface area contributed by atoms with Crippen molar-refractivity contribution in [3.05, 3.63) is 66.1 Å². The number of aromatic nitrogens is 1. The highest BCUT2D eigenvalue weighted by Crippen LogP contribution is 2.31. The SMILES string of the molecule is CCOc1cccc2cc(C(C)NC(=O)N3CCN(C(=O)Cc4c[nH]c5ccccc45)CC3)oc12. The van der Waals surface area contributed by atoms with Crippen molar-refractivity contribution in [3.63, 3.8) is 0 Å². The van der Waals surface area contributed by atoms with Crippen molar-refractivity contribution in [1.82, 2.24) is 20.1 Å². The Morgan fingerprint density at radius 2 is 1.86 bits per heavy atom. The molecule has 2 aromatic heterocycles. The van der Waals surface area contributed by atoms with Gasteiger partial charge in [-0.15, -0.1) is 0 Å². The molecule has 1 aliphatic rings. The number of benzene rings is 2. The van der Waals surface area contributed by atoms with Crippen molar-refractivity contribution in [3.8, 4) is 5.75 Å². The van der Waals surface area contributed by atoms with Crippen LogP contribution in [0.15, 0.2) is 59.1 Å². The Morgan fingerprint density at radius 3 is 2.66 bits per heavy atom. The molecule has 2 N–H and O–H groups in total. The second kappa shape index (κ2) is 9.74. The zero-order valence-electron chi connectivity index (χ0n) is 20.0. The number of rotatable bonds is 6. The van der Waals surface area contributed by atoms with E-state index in [-0.39, 0.29) is 18.0 Å². The number of amides is 3. The van der Waals surface area contributed by atoms with Crippen LogP contribution in [0.25, 0.3) is 21.9 Å². The van der Waals surface area contributed by atoms with Gasteiger partial charge in [-0.3, -0.25) is 4.79 Å². The fraction of sp³-hybridized carbons (Fsp3) is 0.333. The summed E-state index contributed by atoms with van der Waals surface area (Å²) in [5.74, 6) is 1.45. The van der Waals surface area contributed by atoms with Gasteiger partial charge in [-0.1, -0.05) is 30.3 Å². The number of piperazine rings is 1. The largest absolute Gasteiger partial charge is 0.490 e. The Bertz CT molecular complexity index is 1350. The molecule has 182 valence electrons. The number of para-hydroxylation sites is 2. The molecule has 2 aromatic carbocycles. The lowest BCUT2D eigenvalue weighted by Gasteiger charge is -2.35. The molecule has 0 bridgehead atoms. The van der Waals surface area contributed by atoms with E-state index in [1.807, 2.05) is 73.5 Å². The van der Waals surface area contributed by atoms with Gasteiger partial charge in [0.2, 0.25) is 5.91 Å². The standard InChI is InChI=1S/C27H30N4O4/c1-3-34-23-10-6-7-19-15-24(35-26(19)23)18(2)29-27(33)31-13-11-30(12-14-31)25(32)16-20-17-28-22-9-5-4-8-21(20)22/h4-10,15,17-18,28H,3,11-14,16H2,1-2H3,(H,29,33). The molecule has 1 unspecified atom stereocenters. The molecule has 4 aromatic rings. The lowest BCUT2D eigenvalue weighted by Crippen LogP contribution is -2.53. The van der Waals surface area contributed by atoms with Gasteiger partial charge in [-0.2, -0.15) is 0 Å². The Labute approximate surface area is 203 Å². The summed E-state index contributed by atoms with van der Waals surface area (Å²) in [5.41, 5.74) is 2.72. The highest BCUT2D eigenvalue weighted by molar-refractivity contribution is 5.89. The minimum absolute atomic E-state index is 0.0792. The third-order valence-electron chi connectivity index (χ3n) is 6.53. The summed E-state index contributed by atoms with van der Waals surface area (Å²) in [6.45, 7) is 6.41. The van der Waals surface area contributed by atoms with Crippen molar-refractivity contribution in [1.29, 1.82) is 0 Å². The third-order valence-corrected chi connectivity index (χ3v) is 6.53. The van der Waals surface area contributed by atoms with Crippen LogP contribution in [-0.2, 0) is 11.2 Å². The number of carbonyl (C=O) groups excluding carboxylic acids is 2. The first-order valence-corrected chi connectivity index (χ1v) is 12.1. The molecule has 0 spiro atoms. The van der Waals surface area contributed by atoms with Crippen LogP contribution in [0.3, 0.4) is 0 Å². The molecule has 1 fully saturated rings. The van der Waals surface area contributed by atoms with Gasteiger partial charge in [0, 0.05) is 48.7 Å². The number of hydrogen-bond acceptors (Lipinski definition) is 4. The molecule has 1 saturated heterocycles. The van der Waals surface area contributed by atoms with Crippen LogP contribution in [0.5, 0.6) is 5.75 Å². The van der Waals surface area contributed by atoms with E-state index in [1.54, 1.807) is 4.90 Å². The van der Waals surface area contributed by atoms with Crippen LogP contribution in [-0.4, -0.2) is 59.5 Å². The minimum Gasteiger partial charge on any atom is -0.490 e. The molecule has 8 heteroatoms. The van der Waals surface area contributed by atoms with E-state index in [2.05, 4.69) is 10.3 Å². The van der Waals surface area contributed by atoms with Crippen LogP contribution < -0.4 is 10.1 Å². The average Bonchev–Trinajstić information content (AvgIpc) is 3.50. The monoisotopic (exact) mass is 474 g/mol. The van der Waals surface area contributed by atoms with Crippen molar-refractivity contribution in [2.75, 3.05) is 32.8 Å². The Kier molecular flexibility index (Phi) is 6.35. The van der Waals surface area contributed by atoms with Crippen molar-refractivity contribution in [2.45, 2.75) is 26.3 Å². The minimum atomic E-state index is -0.300. The second-order valence-corrected chi connectivity index (χ2v) is 8.83. The number of furan rings is 1. The lowest BCUT2D eigenvalue weighted by atomic mass is 10.1. The molecular formula is C27H30N4O4. The number of fused-ring (bicyclic) bond motifs is 2. The number of nitrogens with zero attached hydrogens (tertiary/aromatic N) is 2. The van der Waals surface area contributed by atoms with Gasteiger partial charge in [0.05, 0.1) is 19.1 Å². The van der Waals surface area contributed by atoms with E-state index in [4.69, 9.17) is 9.15 Å². The van der Waals surface area contributed by atoms with E-state index >= 15 is 0 Å². The number of aromatic amines is 1. The molecule has 3 amide bonds. The molecule has 0 aliphatic carbocycles. The lowest BCUT2D eigenvalue weighted by molar-refractivity contribution is -0.131. The molecule has 3 heterocycles. The van der Waals surface area contributed by atoms with Crippen LogP contribution >= 0.6 is 0 Å². The predicted molar refractivity (Wildman–Crippen MR) is 134 cm³/mol. The summed E-state index contributed by atoms with van der Waals surface area (Å²) in [4.78, 5) is 32.6. The Morgan fingerprint density at radius 1 is 1.09 bits per heavy atom. The first-order chi connectivity index (χ1) is 17.0. The zero-order chi connectivity index (χ0) is 24.4. The average molecular weight is 475 g/mol. The van der Waals surface area contributed by atoms with Crippen molar-refractivity contribution >= 4 is 33.8 Å². The van der Waals surface area contributed by atoms with Gasteiger partial charge in [-0.05, 0) is 37.6 Å². The van der Waals surface area contributed by atoms with Crippen LogP contribution in [0.2, 0.25) is 0 Å². The fourth-order valence-corrected chi connectivity index (χ4v) is 4.60. The summed E-state index contributed by atoms with van der Waals surface area (Å²) >= 11 is 0. The van der Waals surface area contributed by atoms with Gasteiger partial charge in [0.25, 0.3) is 0 Å². The van der Waals surface area contributed by atoms with Crippen LogP contribution in [0.4, 0.5) is 4.79 Å². The van der Waals surface area contributed by atoms with Crippen molar-refractivity contribution in [2.24, 2.45) is 0 Å². The summed E-state index contributed by atoms with van der Waals surface area (Å²) in [5, 5.41) is 5.04. The molecule has 1 aliphatic heterocycles. The number of H-pyrrole nitrogens is 1. The summed E-state index contributed by atoms with van der Waals surface area (Å²) in [7, 11) is 0. The van der Waals surface area contributed by atoms with Gasteiger partial charge < -0.3 is 29.3 Å². The maximum Gasteiger partial charge on any atom is 0.318 e. The topological polar surface area (TPSA) is 90.8 Å². The molecule has 1 atom stereocenters. The van der Waals surface area contributed by atoms with E-state index in [0.29, 0.717) is 56.3 Å². The number of nitrogens with one attached hydrogen (secondary N) is 2. The van der Waals surface area contributed by atoms with E-state index in [1.165, 1.54) is 0 Å². The maximum absolute atomic E-state index is 12.9. The zero-order valence-corrected chi connectivity index (χ0v) is 20.0. The molecular weight excluding hydrogens is 444 g/mol. The quantitative estimate of drug-likeness (QED) is 0.431. The number of carbonyl (C=O) groups is 2. The summed E-state index contributed by atoms with van der Waals surface area (Å²) in [6, 6.07) is 15.2. The van der Waals surface area contributed by atoms with Gasteiger partial charge in [0.1, 0.15) is 5.76 Å². The first kappa shape index (κ1) is 22.8. The van der Waals surface area contributed by atoms with Gasteiger partial charge >= 0.3 is 6.03 Å². The Hall–Kier alpha value is -3.94. The number of hydrogen-bond donors (Lipinski definition) is 2. The van der Waals surface area contributed by atoms with Crippen molar-refractivity contribution < 1.29 is 18.7 Å². The molecule has 8 nitrogen and oxygen atoms in total. The van der Waals surface area contributed by atoms with Gasteiger partial charge in [0.15, 0.2) is 11.3 Å². The molecule has 35 heavy (non-hydrogen) atoms. The molecule has 0 saturated carbocycles. The van der Waals surface area contributed by atoms with E-state index < -0.39 is 0 Å². The third kappa shape index (κ3) is 4.69. The van der Waals surface area contributed by atoms with E-state index in [9.17, 15) is 9.59 Å². The van der Waals surface area contributed by atoms with E-state index in [0.717, 1.165) is 21.9 Å². The van der Waals surface area contributed by atoms with Gasteiger partial charge in [-0.25, -0.2) is 4.79 Å². The number of urea groups is 1. The normalized spacial score (nSPS) is 14.9. The smallest absolute Gasteiger partial charge is 0.318 e. The fourth-order valence-electron chi connectivity index (χ4n) is 4.60. The predicted octanol–water partition coefficient (Wildman–Crippen LogP) is 4.47. The number of ether oxygens (including phenoxy) is 1. The Balaban J connectivity index is 1.16.